The molecule has 1 aliphatic carbocycles. The number of ether oxygens (including phenoxy) is 1. The van der Waals surface area contributed by atoms with Crippen LogP contribution in [0.5, 0.6) is 0 Å². The summed E-state index contributed by atoms with van der Waals surface area (Å²) in [5.41, 5.74) is 0. The Kier molecular flexibility index (Phi) is 3.06. The Morgan fingerprint density at radius 3 is 2.57 bits per heavy atom. The van der Waals surface area contributed by atoms with E-state index < -0.39 is 0 Å². The molecule has 1 amide bonds. The number of rotatable bonds is 1. The maximum Gasteiger partial charge on any atom is 0.225 e. The first-order valence-electron chi connectivity index (χ1n) is 5.64. The van der Waals surface area contributed by atoms with Gasteiger partial charge in [-0.05, 0) is 25.2 Å². The van der Waals surface area contributed by atoms with Gasteiger partial charge in [0.2, 0.25) is 5.91 Å². The molecule has 0 bridgehead atoms. The second kappa shape index (κ2) is 4.30. The van der Waals surface area contributed by atoms with Crippen molar-refractivity contribution in [2.75, 3.05) is 26.3 Å². The summed E-state index contributed by atoms with van der Waals surface area (Å²) in [6.07, 6.45) is 3.41. The van der Waals surface area contributed by atoms with Gasteiger partial charge in [0, 0.05) is 19.0 Å². The Balaban J connectivity index is 1.87. The number of nitrogens with zero attached hydrogens (tertiary/aromatic N) is 1. The quantitative estimate of drug-likeness (QED) is 0.633. The molecule has 0 aromatic rings. The maximum absolute atomic E-state index is 12.0. The van der Waals surface area contributed by atoms with Crippen molar-refractivity contribution in [2.24, 2.45) is 11.8 Å². The lowest BCUT2D eigenvalue weighted by Gasteiger charge is -2.29. The van der Waals surface area contributed by atoms with Crippen LogP contribution < -0.4 is 0 Å². The molecule has 1 saturated heterocycles. The zero-order chi connectivity index (χ0) is 9.97. The molecule has 3 heteroatoms. The lowest BCUT2D eigenvalue weighted by atomic mass is 10.0. The third-order valence-electron chi connectivity index (χ3n) is 3.37. The molecule has 1 saturated carbocycles. The minimum Gasteiger partial charge on any atom is -0.378 e. The molecule has 0 N–H and O–H groups in total. The molecule has 3 nitrogen and oxygen atoms in total. The second-order valence-electron chi connectivity index (χ2n) is 4.55. The summed E-state index contributed by atoms with van der Waals surface area (Å²) in [5, 5.41) is 0. The highest BCUT2D eigenvalue weighted by Gasteiger charge is 2.31. The van der Waals surface area contributed by atoms with E-state index >= 15 is 0 Å². The van der Waals surface area contributed by atoms with Crippen molar-refractivity contribution in [3.63, 3.8) is 0 Å². The van der Waals surface area contributed by atoms with Gasteiger partial charge < -0.3 is 9.64 Å². The summed E-state index contributed by atoms with van der Waals surface area (Å²) in [6.45, 7) is 5.27. The summed E-state index contributed by atoms with van der Waals surface area (Å²) >= 11 is 0. The molecule has 80 valence electrons. The van der Waals surface area contributed by atoms with Gasteiger partial charge in [-0.1, -0.05) is 6.92 Å². The lowest BCUT2D eigenvalue weighted by Crippen LogP contribution is -2.43. The Hall–Kier alpha value is -0.570. The average Bonchev–Trinajstić information content (AvgIpc) is 2.65. The normalized spacial score (nSPS) is 33.4. The molecule has 0 spiro atoms. The van der Waals surface area contributed by atoms with Gasteiger partial charge in [-0.2, -0.15) is 0 Å². The zero-order valence-corrected chi connectivity index (χ0v) is 8.87. The van der Waals surface area contributed by atoms with E-state index in [0.29, 0.717) is 25.0 Å². The first kappa shape index (κ1) is 9.97. The Morgan fingerprint density at radius 1 is 1.29 bits per heavy atom. The summed E-state index contributed by atoms with van der Waals surface area (Å²) in [7, 11) is 0. The maximum atomic E-state index is 12.0. The van der Waals surface area contributed by atoms with Crippen LogP contribution in [0.3, 0.4) is 0 Å². The Morgan fingerprint density at radius 2 is 2.00 bits per heavy atom. The fourth-order valence-corrected chi connectivity index (χ4v) is 2.47. The van der Waals surface area contributed by atoms with Gasteiger partial charge in [-0.25, -0.2) is 0 Å². The monoisotopic (exact) mass is 197 g/mol. The smallest absolute Gasteiger partial charge is 0.225 e. The molecular formula is C11H19NO2. The van der Waals surface area contributed by atoms with Crippen LogP contribution in [0.1, 0.15) is 26.2 Å². The summed E-state index contributed by atoms with van der Waals surface area (Å²) in [4.78, 5) is 14.0. The minimum absolute atomic E-state index is 0.308. The van der Waals surface area contributed by atoms with Gasteiger partial charge in [0.05, 0.1) is 13.2 Å². The summed E-state index contributed by atoms with van der Waals surface area (Å²) < 4.78 is 5.24. The van der Waals surface area contributed by atoms with E-state index in [2.05, 4.69) is 6.92 Å². The van der Waals surface area contributed by atoms with E-state index in [1.165, 1.54) is 6.42 Å². The SMILES string of the molecule is C[C@H]1CCC(C(=O)N2CCOCC2)C1. The standard InChI is InChI=1S/C11H19NO2/c1-9-2-3-10(8-9)11(13)12-4-6-14-7-5-12/h9-10H,2-8H2,1H3/t9-,10?/m0/s1. The summed E-state index contributed by atoms with van der Waals surface area (Å²) in [6, 6.07) is 0. The van der Waals surface area contributed by atoms with Crippen molar-refractivity contribution in [1.29, 1.82) is 0 Å². The molecule has 0 aromatic heterocycles. The van der Waals surface area contributed by atoms with Crippen molar-refractivity contribution in [3.8, 4) is 0 Å². The second-order valence-corrected chi connectivity index (χ2v) is 4.55. The van der Waals surface area contributed by atoms with Crippen LogP contribution in [-0.4, -0.2) is 37.1 Å². The number of carbonyl (C=O) groups excluding carboxylic acids is 1. The molecule has 14 heavy (non-hydrogen) atoms. The Labute approximate surface area is 85.4 Å². The van der Waals surface area contributed by atoms with Crippen molar-refractivity contribution in [1.82, 2.24) is 4.90 Å². The van der Waals surface area contributed by atoms with E-state index in [1.807, 2.05) is 4.90 Å². The number of hydrogen-bond acceptors (Lipinski definition) is 2. The number of morpholine rings is 1. The van der Waals surface area contributed by atoms with Crippen LogP contribution in [-0.2, 0) is 9.53 Å². The molecule has 1 unspecified atom stereocenters. The molecule has 1 heterocycles. The van der Waals surface area contributed by atoms with Gasteiger partial charge in [0.15, 0.2) is 0 Å². The first-order valence-corrected chi connectivity index (χ1v) is 5.64. The molecule has 0 radical (unpaired) electrons. The van der Waals surface area contributed by atoms with Crippen molar-refractivity contribution >= 4 is 5.91 Å². The highest BCUT2D eigenvalue weighted by molar-refractivity contribution is 5.79. The van der Waals surface area contributed by atoms with E-state index in [4.69, 9.17) is 4.74 Å². The van der Waals surface area contributed by atoms with Gasteiger partial charge in [0.25, 0.3) is 0 Å². The fraction of sp³-hybridized carbons (Fsp3) is 0.909. The Bertz CT molecular complexity index is 205. The van der Waals surface area contributed by atoms with E-state index in [-0.39, 0.29) is 0 Å². The van der Waals surface area contributed by atoms with E-state index in [1.54, 1.807) is 0 Å². The summed E-state index contributed by atoms with van der Waals surface area (Å²) in [5.74, 6) is 1.42. The van der Waals surface area contributed by atoms with Crippen LogP contribution in [0.25, 0.3) is 0 Å². The van der Waals surface area contributed by atoms with Crippen LogP contribution >= 0.6 is 0 Å². The average molecular weight is 197 g/mol. The third kappa shape index (κ3) is 2.08. The van der Waals surface area contributed by atoms with Crippen LogP contribution in [0, 0.1) is 11.8 Å². The van der Waals surface area contributed by atoms with Crippen molar-refractivity contribution in [2.45, 2.75) is 26.2 Å². The highest BCUT2D eigenvalue weighted by atomic mass is 16.5. The van der Waals surface area contributed by atoms with E-state index in [9.17, 15) is 4.79 Å². The van der Waals surface area contributed by atoms with Gasteiger partial charge in [0.1, 0.15) is 0 Å². The van der Waals surface area contributed by atoms with Crippen LogP contribution in [0.2, 0.25) is 0 Å². The zero-order valence-electron chi connectivity index (χ0n) is 8.87. The third-order valence-corrected chi connectivity index (χ3v) is 3.37. The molecule has 2 atom stereocenters. The molecule has 1 aliphatic heterocycles. The predicted molar refractivity (Wildman–Crippen MR) is 53.9 cm³/mol. The molecule has 2 fully saturated rings. The number of hydrogen-bond donors (Lipinski definition) is 0. The number of carbonyl (C=O) groups is 1. The van der Waals surface area contributed by atoms with Crippen LogP contribution in [0.15, 0.2) is 0 Å². The molecule has 2 rings (SSSR count). The van der Waals surface area contributed by atoms with Crippen molar-refractivity contribution < 1.29 is 9.53 Å². The fourth-order valence-electron chi connectivity index (χ4n) is 2.47. The first-order chi connectivity index (χ1) is 6.77. The van der Waals surface area contributed by atoms with Gasteiger partial charge in [-0.3, -0.25) is 4.79 Å². The highest BCUT2D eigenvalue weighted by Crippen LogP contribution is 2.31. The predicted octanol–water partition coefficient (Wildman–Crippen LogP) is 1.28. The van der Waals surface area contributed by atoms with E-state index in [0.717, 1.165) is 31.8 Å². The molecule has 2 aliphatic rings. The largest absolute Gasteiger partial charge is 0.378 e. The topological polar surface area (TPSA) is 29.5 Å². The minimum atomic E-state index is 0.308. The van der Waals surface area contributed by atoms with Gasteiger partial charge in [-0.15, -0.1) is 0 Å². The number of amides is 1. The molecular weight excluding hydrogens is 178 g/mol. The van der Waals surface area contributed by atoms with Crippen molar-refractivity contribution in [3.05, 3.63) is 0 Å². The van der Waals surface area contributed by atoms with Crippen LogP contribution in [0.4, 0.5) is 0 Å². The van der Waals surface area contributed by atoms with Gasteiger partial charge >= 0.3 is 0 Å². The molecule has 0 aromatic carbocycles. The lowest BCUT2D eigenvalue weighted by molar-refractivity contribution is -0.139.